The Kier molecular flexibility index (Phi) is 9.99. The number of aliphatic hydroxyl groups is 1. The summed E-state index contributed by atoms with van der Waals surface area (Å²) < 4.78 is 10.8. The van der Waals surface area contributed by atoms with Crippen LogP contribution in [0, 0.1) is 0 Å². The van der Waals surface area contributed by atoms with E-state index in [-0.39, 0.29) is 23.4 Å². The van der Waals surface area contributed by atoms with Crippen molar-refractivity contribution in [2.75, 3.05) is 36.1 Å². The molecular weight excluding hydrogens is 548 g/mol. The predicted molar refractivity (Wildman–Crippen MR) is 148 cm³/mol. The molecule has 0 radical (unpaired) electrons. The Morgan fingerprint density at radius 1 is 1.00 bits per heavy atom. The molecule has 3 atom stereocenters. The standard InChI is InChI=1S/C29H32N4O9/c1-2-3-13-41-29-19(14-25(37)42-29)30-23(35)16-33-22-12-8-7-11-21(22)32(24(36)17-34)15-20(28(33)40)31-27(39)26(38)18-9-5-4-6-10-18/h4-12,19-20,29,34H,2-3,13-17H2,1H3,(H,30,35)(H,31,39)/t19-,20-,29+/m0/s1. The van der Waals surface area contributed by atoms with Gasteiger partial charge in [0.05, 0.1) is 30.9 Å². The molecule has 13 heteroatoms. The zero-order chi connectivity index (χ0) is 30.2. The van der Waals surface area contributed by atoms with Gasteiger partial charge in [-0.25, -0.2) is 0 Å². The number of hydrogen-bond acceptors (Lipinski definition) is 9. The molecule has 2 heterocycles. The van der Waals surface area contributed by atoms with Crippen molar-refractivity contribution in [2.45, 2.75) is 44.6 Å². The zero-order valence-electron chi connectivity index (χ0n) is 23.0. The van der Waals surface area contributed by atoms with Crippen LogP contribution in [0.4, 0.5) is 11.4 Å². The Morgan fingerprint density at radius 3 is 2.38 bits per heavy atom. The number of nitrogens with one attached hydrogen (secondary N) is 2. The van der Waals surface area contributed by atoms with Crippen LogP contribution in [0.25, 0.3) is 0 Å². The second kappa shape index (κ2) is 13.8. The number of hydrogen-bond donors (Lipinski definition) is 3. The first-order valence-electron chi connectivity index (χ1n) is 13.6. The summed E-state index contributed by atoms with van der Waals surface area (Å²) in [6.45, 7) is 0.460. The van der Waals surface area contributed by atoms with E-state index >= 15 is 0 Å². The Labute approximate surface area is 241 Å². The molecule has 4 amide bonds. The number of carbonyl (C=O) groups excluding carboxylic acids is 6. The summed E-state index contributed by atoms with van der Waals surface area (Å²) in [6, 6.07) is 11.7. The summed E-state index contributed by atoms with van der Waals surface area (Å²) in [4.78, 5) is 79.5. The number of aliphatic hydroxyl groups excluding tert-OH is 1. The van der Waals surface area contributed by atoms with Gasteiger partial charge in [-0.05, 0) is 18.6 Å². The van der Waals surface area contributed by atoms with E-state index in [0.29, 0.717) is 6.61 Å². The lowest BCUT2D eigenvalue weighted by molar-refractivity contribution is -0.165. The van der Waals surface area contributed by atoms with Gasteiger partial charge in [0, 0.05) is 5.56 Å². The van der Waals surface area contributed by atoms with Gasteiger partial charge in [0.1, 0.15) is 25.2 Å². The Balaban J connectivity index is 1.59. The second-order valence-electron chi connectivity index (χ2n) is 9.76. The first kappa shape index (κ1) is 30.3. The quantitative estimate of drug-likeness (QED) is 0.146. The number of benzene rings is 2. The van der Waals surface area contributed by atoms with Crippen LogP contribution in [-0.4, -0.2) is 85.2 Å². The fourth-order valence-electron chi connectivity index (χ4n) is 4.67. The average Bonchev–Trinajstić information content (AvgIpc) is 3.30. The number of ketones is 1. The SMILES string of the molecule is CCCCO[C@@H]1OC(=O)C[C@@H]1NC(=O)CN1C(=O)[C@@H](NC(=O)C(=O)c2ccccc2)CN(C(=O)CO)c2ccccc21. The lowest BCUT2D eigenvalue weighted by atomic mass is 10.1. The van der Waals surface area contributed by atoms with Gasteiger partial charge in [-0.2, -0.15) is 0 Å². The highest BCUT2D eigenvalue weighted by atomic mass is 16.7. The normalized spacial score (nSPS) is 19.9. The predicted octanol–water partition coefficient (Wildman–Crippen LogP) is 0.301. The maximum absolute atomic E-state index is 13.8. The number of cyclic esters (lactones) is 1. The van der Waals surface area contributed by atoms with E-state index in [1.54, 1.807) is 30.3 Å². The number of Topliss-reactive ketones (excluding diaryl/α,β-unsaturated/α-hetero) is 1. The van der Waals surface area contributed by atoms with Crippen molar-refractivity contribution in [3.63, 3.8) is 0 Å². The van der Waals surface area contributed by atoms with Crippen LogP contribution in [0.1, 0.15) is 36.5 Å². The summed E-state index contributed by atoms with van der Waals surface area (Å²) in [5, 5.41) is 14.7. The third-order valence-corrected chi connectivity index (χ3v) is 6.77. The Hall–Kier alpha value is -4.62. The van der Waals surface area contributed by atoms with Gasteiger partial charge in [0.2, 0.25) is 18.0 Å². The van der Waals surface area contributed by atoms with E-state index in [9.17, 15) is 33.9 Å². The lowest BCUT2D eigenvalue weighted by Crippen LogP contribution is -2.56. The number of carbonyl (C=O) groups is 6. The van der Waals surface area contributed by atoms with Crippen molar-refractivity contribution in [2.24, 2.45) is 0 Å². The molecule has 0 spiro atoms. The zero-order valence-corrected chi connectivity index (χ0v) is 23.0. The molecule has 0 unspecified atom stereocenters. The Bertz CT molecular complexity index is 1350. The highest BCUT2D eigenvalue weighted by Gasteiger charge is 2.40. The molecule has 222 valence electrons. The first-order chi connectivity index (χ1) is 20.2. The van der Waals surface area contributed by atoms with E-state index in [2.05, 4.69) is 10.6 Å². The number of rotatable bonds is 11. The molecule has 2 aliphatic rings. The highest BCUT2D eigenvalue weighted by molar-refractivity contribution is 6.43. The lowest BCUT2D eigenvalue weighted by Gasteiger charge is -2.26. The molecule has 3 N–H and O–H groups in total. The maximum atomic E-state index is 13.8. The number of nitrogens with zero attached hydrogens (tertiary/aromatic N) is 2. The van der Waals surface area contributed by atoms with Crippen LogP contribution < -0.4 is 20.4 Å². The summed E-state index contributed by atoms with van der Waals surface area (Å²) in [6.07, 6.45) is 0.496. The van der Waals surface area contributed by atoms with Crippen molar-refractivity contribution < 1.29 is 43.3 Å². The molecule has 0 bridgehead atoms. The van der Waals surface area contributed by atoms with Crippen LogP contribution >= 0.6 is 0 Å². The molecule has 0 aromatic heterocycles. The molecule has 2 aromatic carbocycles. The van der Waals surface area contributed by atoms with Gasteiger partial charge >= 0.3 is 5.97 Å². The van der Waals surface area contributed by atoms with Crippen LogP contribution in [-0.2, 0) is 33.4 Å². The number of anilines is 2. The average molecular weight is 581 g/mol. The van der Waals surface area contributed by atoms with E-state index < -0.39 is 73.5 Å². The van der Waals surface area contributed by atoms with E-state index in [1.807, 2.05) is 6.92 Å². The van der Waals surface area contributed by atoms with Crippen molar-refractivity contribution in [3.8, 4) is 0 Å². The number of ether oxygens (including phenoxy) is 2. The molecule has 2 aromatic rings. The minimum atomic E-state index is -1.44. The monoisotopic (exact) mass is 580 g/mol. The maximum Gasteiger partial charge on any atom is 0.310 e. The van der Waals surface area contributed by atoms with E-state index in [1.165, 1.54) is 24.3 Å². The molecule has 0 saturated carbocycles. The van der Waals surface area contributed by atoms with Gasteiger partial charge in [-0.1, -0.05) is 55.8 Å². The fourth-order valence-corrected chi connectivity index (χ4v) is 4.67. The minimum absolute atomic E-state index is 0.0999. The van der Waals surface area contributed by atoms with E-state index in [0.717, 1.165) is 22.6 Å². The molecule has 1 saturated heterocycles. The fraction of sp³-hybridized carbons (Fsp3) is 0.379. The largest absolute Gasteiger partial charge is 0.433 e. The van der Waals surface area contributed by atoms with Crippen molar-refractivity contribution in [3.05, 3.63) is 60.2 Å². The third-order valence-electron chi connectivity index (χ3n) is 6.77. The van der Waals surface area contributed by atoms with Crippen LogP contribution in [0.2, 0.25) is 0 Å². The summed E-state index contributed by atoms with van der Waals surface area (Å²) in [5.41, 5.74) is 0.479. The van der Waals surface area contributed by atoms with Crippen LogP contribution in [0.3, 0.4) is 0 Å². The molecular formula is C29H32N4O9. The molecule has 2 aliphatic heterocycles. The Morgan fingerprint density at radius 2 is 1.69 bits per heavy atom. The van der Waals surface area contributed by atoms with Crippen LogP contribution in [0.5, 0.6) is 0 Å². The van der Waals surface area contributed by atoms with Crippen molar-refractivity contribution in [1.82, 2.24) is 10.6 Å². The van der Waals surface area contributed by atoms with Gasteiger partial charge in [-0.15, -0.1) is 0 Å². The molecule has 4 rings (SSSR count). The number of fused-ring (bicyclic) bond motifs is 1. The number of esters is 1. The summed E-state index contributed by atoms with van der Waals surface area (Å²) in [7, 11) is 0. The topological polar surface area (TPSA) is 172 Å². The molecule has 1 fully saturated rings. The highest BCUT2D eigenvalue weighted by Crippen LogP contribution is 2.33. The number of unbranched alkanes of at least 4 members (excludes halogenated alkanes) is 1. The van der Waals surface area contributed by atoms with Gasteiger partial charge in [0.25, 0.3) is 17.7 Å². The van der Waals surface area contributed by atoms with Crippen molar-refractivity contribution >= 4 is 46.8 Å². The molecule has 42 heavy (non-hydrogen) atoms. The van der Waals surface area contributed by atoms with Gasteiger partial charge in [0.15, 0.2) is 0 Å². The number of amides is 4. The molecule has 13 nitrogen and oxygen atoms in total. The second-order valence-corrected chi connectivity index (χ2v) is 9.76. The van der Waals surface area contributed by atoms with Crippen molar-refractivity contribution in [1.29, 1.82) is 0 Å². The summed E-state index contributed by atoms with van der Waals surface area (Å²) >= 11 is 0. The smallest absolute Gasteiger partial charge is 0.310 e. The third kappa shape index (κ3) is 6.98. The first-order valence-corrected chi connectivity index (χ1v) is 13.6. The van der Waals surface area contributed by atoms with Crippen LogP contribution in [0.15, 0.2) is 54.6 Å². The molecule has 0 aliphatic carbocycles. The minimum Gasteiger partial charge on any atom is -0.433 e. The van der Waals surface area contributed by atoms with Gasteiger partial charge < -0.3 is 30.1 Å². The summed E-state index contributed by atoms with van der Waals surface area (Å²) in [5.74, 6) is -4.70. The van der Waals surface area contributed by atoms with E-state index in [4.69, 9.17) is 9.47 Å². The van der Waals surface area contributed by atoms with Gasteiger partial charge in [-0.3, -0.25) is 33.7 Å². The number of para-hydroxylation sites is 2.